The summed E-state index contributed by atoms with van der Waals surface area (Å²) in [6, 6.07) is 38.6. The first-order valence-corrected chi connectivity index (χ1v) is 17.3. The summed E-state index contributed by atoms with van der Waals surface area (Å²) < 4.78 is 61.6. The summed E-state index contributed by atoms with van der Waals surface area (Å²) in [5.41, 5.74) is 24.7. The summed E-state index contributed by atoms with van der Waals surface area (Å²) in [5.74, 6) is 2.27. The smallest absolute Gasteiger partial charge is 0.206 e. The fourth-order valence-electron chi connectivity index (χ4n) is 4.28. The Hall–Kier alpha value is -5.98. The van der Waals surface area contributed by atoms with E-state index in [1.165, 1.54) is 48.5 Å². The molecule has 0 heterocycles. The first-order valence-electron chi connectivity index (χ1n) is 14.4. The monoisotopic (exact) mass is 680 g/mol. The van der Waals surface area contributed by atoms with E-state index in [0.717, 1.165) is 0 Å². The fraction of sp³-hybridized carbons (Fsp3) is 0. The molecule has 0 spiro atoms. The number of anilines is 4. The molecule has 0 fully saturated rings. The van der Waals surface area contributed by atoms with Gasteiger partial charge in [0.15, 0.2) is 0 Å². The van der Waals surface area contributed by atoms with Crippen LogP contribution in [0.25, 0.3) is 0 Å². The first kappa shape index (κ1) is 33.4. The highest BCUT2D eigenvalue weighted by Gasteiger charge is 2.18. The Morgan fingerprint density at radius 1 is 0.292 bits per heavy atom. The van der Waals surface area contributed by atoms with Crippen molar-refractivity contribution < 1.29 is 26.3 Å². The van der Waals surface area contributed by atoms with E-state index >= 15 is 0 Å². The lowest BCUT2D eigenvalue weighted by molar-refractivity contribution is 0.482. The highest BCUT2D eigenvalue weighted by Crippen LogP contribution is 2.29. The van der Waals surface area contributed by atoms with Gasteiger partial charge in [-0.3, -0.25) is 0 Å². The van der Waals surface area contributed by atoms with E-state index in [1.807, 2.05) is 0 Å². The quantitative estimate of drug-likeness (QED) is 0.122. The van der Waals surface area contributed by atoms with E-state index in [1.54, 1.807) is 97.1 Å². The zero-order valence-corrected chi connectivity index (χ0v) is 27.1. The third kappa shape index (κ3) is 8.23. The minimum atomic E-state index is -3.67. The zero-order valence-electron chi connectivity index (χ0n) is 25.4. The molecule has 6 aromatic rings. The van der Waals surface area contributed by atoms with Gasteiger partial charge >= 0.3 is 0 Å². The van der Waals surface area contributed by atoms with Crippen LogP contribution in [0.3, 0.4) is 0 Å². The van der Waals surface area contributed by atoms with E-state index in [0.29, 0.717) is 45.7 Å². The van der Waals surface area contributed by atoms with Crippen molar-refractivity contribution >= 4 is 42.4 Å². The van der Waals surface area contributed by atoms with Gasteiger partial charge in [0, 0.05) is 22.7 Å². The molecule has 12 heteroatoms. The Bertz CT molecular complexity index is 2040. The van der Waals surface area contributed by atoms with Gasteiger partial charge in [-0.05, 0) is 146 Å². The Labute approximate surface area is 279 Å². The van der Waals surface area contributed by atoms with Gasteiger partial charge in [-0.2, -0.15) is 0 Å². The molecular weight excluding hydrogens is 649 g/mol. The molecule has 0 saturated heterocycles. The maximum atomic E-state index is 12.9. The Morgan fingerprint density at radius 2 is 0.458 bits per heavy atom. The average molecular weight is 681 g/mol. The number of sulfone groups is 2. The van der Waals surface area contributed by atoms with Crippen LogP contribution in [0.4, 0.5) is 22.7 Å². The van der Waals surface area contributed by atoms with E-state index in [4.69, 9.17) is 32.4 Å². The summed E-state index contributed by atoms with van der Waals surface area (Å²) in [6.45, 7) is 0. The van der Waals surface area contributed by atoms with E-state index < -0.39 is 19.7 Å². The van der Waals surface area contributed by atoms with Crippen molar-refractivity contribution in [3.63, 3.8) is 0 Å². The van der Waals surface area contributed by atoms with Gasteiger partial charge in [-0.1, -0.05) is 0 Å². The van der Waals surface area contributed by atoms with Gasteiger partial charge in [-0.15, -0.1) is 0 Å². The lowest BCUT2D eigenvalue weighted by Crippen LogP contribution is -2.02. The average Bonchev–Trinajstić information content (AvgIpc) is 3.08. The Kier molecular flexibility index (Phi) is 9.88. The summed E-state index contributed by atoms with van der Waals surface area (Å²) in [7, 11) is -7.16. The molecule has 6 aromatic carbocycles. The number of hydrogen-bond donors (Lipinski definition) is 4. The van der Waals surface area contributed by atoms with Crippen molar-refractivity contribution in [2.75, 3.05) is 22.9 Å². The van der Waals surface area contributed by atoms with Crippen molar-refractivity contribution in [2.24, 2.45) is 0 Å². The highest BCUT2D eigenvalue weighted by molar-refractivity contribution is 7.91. The predicted octanol–water partition coefficient (Wildman–Crippen LogP) is 6.95. The third-order valence-corrected chi connectivity index (χ3v) is 10.5. The molecule has 0 saturated carbocycles. The van der Waals surface area contributed by atoms with Crippen molar-refractivity contribution in [1.82, 2.24) is 0 Å². The van der Waals surface area contributed by atoms with Crippen LogP contribution in [0.1, 0.15) is 0 Å². The van der Waals surface area contributed by atoms with Gasteiger partial charge in [0.05, 0.1) is 19.6 Å². The lowest BCUT2D eigenvalue weighted by atomic mass is 10.3. The molecule has 0 aliphatic heterocycles. The third-order valence-electron chi connectivity index (χ3n) is 6.88. The van der Waals surface area contributed by atoms with Crippen LogP contribution in [0.2, 0.25) is 0 Å². The van der Waals surface area contributed by atoms with Gasteiger partial charge < -0.3 is 32.4 Å². The molecule has 0 aliphatic carbocycles. The Balaban J connectivity index is 0.000000224. The Morgan fingerprint density at radius 3 is 0.688 bits per heavy atom. The summed E-state index contributed by atoms with van der Waals surface area (Å²) in [4.78, 5) is 0.779. The molecule has 48 heavy (non-hydrogen) atoms. The second-order valence-corrected chi connectivity index (χ2v) is 14.3. The van der Waals surface area contributed by atoms with E-state index in [-0.39, 0.29) is 19.6 Å². The highest BCUT2D eigenvalue weighted by atomic mass is 32.2. The molecule has 8 N–H and O–H groups in total. The summed E-state index contributed by atoms with van der Waals surface area (Å²) in [5, 5.41) is 0. The molecule has 10 nitrogen and oxygen atoms in total. The molecule has 244 valence electrons. The van der Waals surface area contributed by atoms with Crippen molar-refractivity contribution in [3.8, 4) is 23.0 Å². The minimum Gasteiger partial charge on any atom is -0.457 e. The minimum absolute atomic E-state index is 0.171. The lowest BCUT2D eigenvalue weighted by Gasteiger charge is -2.09. The molecule has 0 atom stereocenters. The number of hydrogen-bond acceptors (Lipinski definition) is 10. The number of rotatable bonds is 8. The van der Waals surface area contributed by atoms with Crippen LogP contribution >= 0.6 is 0 Å². The predicted molar refractivity (Wildman–Crippen MR) is 187 cm³/mol. The van der Waals surface area contributed by atoms with Crippen molar-refractivity contribution in [1.29, 1.82) is 0 Å². The summed E-state index contributed by atoms with van der Waals surface area (Å²) >= 11 is 0. The number of nitrogen functional groups attached to an aromatic ring is 4. The van der Waals surface area contributed by atoms with Crippen LogP contribution < -0.4 is 32.4 Å². The molecule has 0 aliphatic rings. The van der Waals surface area contributed by atoms with Crippen LogP contribution in [-0.2, 0) is 19.7 Å². The van der Waals surface area contributed by atoms with Crippen LogP contribution in [-0.4, -0.2) is 16.8 Å². The van der Waals surface area contributed by atoms with Gasteiger partial charge in [0.1, 0.15) is 23.0 Å². The molecule has 0 aromatic heterocycles. The van der Waals surface area contributed by atoms with E-state index in [9.17, 15) is 16.8 Å². The molecule has 0 unspecified atom stereocenters. The second kappa shape index (κ2) is 14.2. The SMILES string of the molecule is Nc1ccc(Oc2ccc(S(=O)(=O)c3ccc(Oc4ccc(N)cc4)cc3)cc2)cc1.Nc1ccc(S(=O)(=O)c2ccc(N)cc2)cc1. The van der Waals surface area contributed by atoms with Gasteiger partial charge in [-0.25, -0.2) is 16.8 Å². The molecule has 6 rings (SSSR count). The molecule has 0 radical (unpaired) electrons. The maximum absolute atomic E-state index is 12.9. The van der Waals surface area contributed by atoms with Gasteiger partial charge in [0.2, 0.25) is 19.7 Å². The standard InChI is InChI=1S/C24H20N2O4S.C12H12N2O2S/c25-17-1-5-19(6-2-17)29-21-9-13-23(14-10-21)31(27,28)24-15-11-22(12-16-24)30-20-7-3-18(26)4-8-20;13-9-1-5-11(6-2-9)17(15,16)12-7-3-10(14)4-8-12/h1-16H,25-26H2;1-8H,13-14H2. The first-order chi connectivity index (χ1) is 22.9. The topological polar surface area (TPSA) is 191 Å². The van der Waals surface area contributed by atoms with Gasteiger partial charge in [0.25, 0.3) is 0 Å². The maximum Gasteiger partial charge on any atom is 0.206 e. The van der Waals surface area contributed by atoms with Crippen molar-refractivity contribution in [3.05, 3.63) is 146 Å². The number of nitrogens with two attached hydrogens (primary N) is 4. The van der Waals surface area contributed by atoms with Crippen molar-refractivity contribution in [2.45, 2.75) is 19.6 Å². The van der Waals surface area contributed by atoms with Crippen LogP contribution in [0, 0.1) is 0 Å². The van der Waals surface area contributed by atoms with Crippen LogP contribution in [0.5, 0.6) is 23.0 Å². The second-order valence-electron chi connectivity index (χ2n) is 10.4. The zero-order chi connectivity index (χ0) is 34.3. The molecule has 0 bridgehead atoms. The number of benzene rings is 6. The molecular formula is C36H32N4O6S2. The molecule has 0 amide bonds. The number of ether oxygens (including phenoxy) is 2. The normalized spacial score (nSPS) is 11.2. The summed E-state index contributed by atoms with van der Waals surface area (Å²) in [6.07, 6.45) is 0. The largest absolute Gasteiger partial charge is 0.457 e. The fourth-order valence-corrected chi connectivity index (χ4v) is 6.81. The van der Waals surface area contributed by atoms with E-state index in [2.05, 4.69) is 0 Å². The van der Waals surface area contributed by atoms with Crippen LogP contribution in [0.15, 0.2) is 165 Å².